The van der Waals surface area contributed by atoms with Crippen LogP contribution in [0.2, 0.25) is 0 Å². The van der Waals surface area contributed by atoms with Crippen molar-refractivity contribution < 1.29 is 9.47 Å². The molecule has 1 heterocycles. The summed E-state index contributed by atoms with van der Waals surface area (Å²) in [6, 6.07) is 3.93. The third-order valence-corrected chi connectivity index (χ3v) is 2.17. The Kier molecular flexibility index (Phi) is 6.53. The number of nitrogens with zero attached hydrogens (tertiary/aromatic N) is 1. The molecule has 4 nitrogen and oxygen atoms in total. The Morgan fingerprint density at radius 3 is 2.69 bits per heavy atom. The van der Waals surface area contributed by atoms with Crippen LogP contribution in [0.5, 0.6) is 5.75 Å². The third kappa shape index (κ3) is 5.09. The second-order valence-corrected chi connectivity index (χ2v) is 3.56. The summed E-state index contributed by atoms with van der Waals surface area (Å²) < 4.78 is 10.5. The molecule has 0 amide bonds. The topological polar surface area (TPSA) is 43.4 Å². The summed E-state index contributed by atoms with van der Waals surface area (Å²) in [5, 5.41) is 3.05. The number of hydrogen-bond donors (Lipinski definition) is 1. The van der Waals surface area contributed by atoms with Gasteiger partial charge >= 0.3 is 0 Å². The van der Waals surface area contributed by atoms with Crippen LogP contribution in [0.15, 0.2) is 18.3 Å². The zero-order valence-corrected chi connectivity index (χ0v) is 10.0. The molecule has 0 aliphatic carbocycles. The van der Waals surface area contributed by atoms with E-state index in [9.17, 15) is 0 Å². The van der Waals surface area contributed by atoms with E-state index in [0.29, 0.717) is 0 Å². The standard InChI is InChI=1S/C12H20N2O2/c1-13-9-11-5-6-12(10-14-11)16-8-4-3-7-15-2/h5-6,10,13H,3-4,7-9H2,1-2H3. The number of aromatic nitrogens is 1. The molecule has 0 atom stereocenters. The van der Waals surface area contributed by atoms with Gasteiger partial charge in [-0.1, -0.05) is 0 Å². The molecule has 0 saturated heterocycles. The molecule has 0 bridgehead atoms. The molecule has 0 saturated carbocycles. The summed E-state index contributed by atoms with van der Waals surface area (Å²) >= 11 is 0. The van der Waals surface area contributed by atoms with Gasteiger partial charge in [0.1, 0.15) is 5.75 Å². The Morgan fingerprint density at radius 1 is 1.25 bits per heavy atom. The zero-order valence-electron chi connectivity index (χ0n) is 10.0. The van der Waals surface area contributed by atoms with Crippen molar-refractivity contribution >= 4 is 0 Å². The molecule has 0 radical (unpaired) electrons. The second kappa shape index (κ2) is 8.07. The Bertz CT molecular complexity index is 275. The van der Waals surface area contributed by atoms with Crippen molar-refractivity contribution in [1.82, 2.24) is 10.3 Å². The summed E-state index contributed by atoms with van der Waals surface area (Å²) in [6.07, 6.45) is 3.80. The first-order chi connectivity index (χ1) is 7.86. The molecule has 1 N–H and O–H groups in total. The fourth-order valence-corrected chi connectivity index (χ4v) is 1.32. The number of methoxy groups -OCH3 is 1. The lowest BCUT2D eigenvalue weighted by Gasteiger charge is -2.06. The van der Waals surface area contributed by atoms with Crippen LogP contribution in [0.25, 0.3) is 0 Å². The lowest BCUT2D eigenvalue weighted by atomic mass is 10.3. The van der Waals surface area contributed by atoms with E-state index in [1.165, 1.54) is 0 Å². The number of hydrogen-bond acceptors (Lipinski definition) is 4. The van der Waals surface area contributed by atoms with Crippen molar-refractivity contribution in [3.05, 3.63) is 24.0 Å². The minimum absolute atomic E-state index is 0.719. The molecule has 1 aromatic rings. The van der Waals surface area contributed by atoms with Gasteiger partial charge in [0, 0.05) is 20.3 Å². The summed E-state index contributed by atoms with van der Waals surface area (Å²) in [5.74, 6) is 0.831. The minimum Gasteiger partial charge on any atom is -0.492 e. The smallest absolute Gasteiger partial charge is 0.137 e. The van der Waals surface area contributed by atoms with Crippen molar-refractivity contribution in [1.29, 1.82) is 0 Å². The van der Waals surface area contributed by atoms with E-state index in [1.807, 2.05) is 19.2 Å². The molecule has 1 rings (SSSR count). The molecular weight excluding hydrogens is 204 g/mol. The maximum Gasteiger partial charge on any atom is 0.137 e. The highest BCUT2D eigenvalue weighted by Crippen LogP contribution is 2.09. The molecule has 0 spiro atoms. The van der Waals surface area contributed by atoms with E-state index >= 15 is 0 Å². The monoisotopic (exact) mass is 224 g/mol. The zero-order chi connectivity index (χ0) is 11.6. The van der Waals surface area contributed by atoms with Gasteiger partial charge in [-0.3, -0.25) is 4.98 Å². The van der Waals surface area contributed by atoms with E-state index in [-0.39, 0.29) is 0 Å². The average molecular weight is 224 g/mol. The van der Waals surface area contributed by atoms with Crippen LogP contribution in [0.3, 0.4) is 0 Å². The van der Waals surface area contributed by atoms with Crippen LogP contribution in [0.1, 0.15) is 18.5 Å². The lowest BCUT2D eigenvalue weighted by molar-refractivity contribution is 0.184. The maximum atomic E-state index is 5.55. The molecule has 16 heavy (non-hydrogen) atoms. The van der Waals surface area contributed by atoms with Gasteiger partial charge in [-0.2, -0.15) is 0 Å². The van der Waals surface area contributed by atoms with Crippen molar-refractivity contribution in [2.24, 2.45) is 0 Å². The number of rotatable bonds is 8. The molecule has 0 aliphatic heterocycles. The quantitative estimate of drug-likeness (QED) is 0.681. The van der Waals surface area contributed by atoms with E-state index in [1.54, 1.807) is 13.3 Å². The first-order valence-corrected chi connectivity index (χ1v) is 5.58. The van der Waals surface area contributed by atoms with Crippen molar-refractivity contribution in [2.45, 2.75) is 19.4 Å². The molecule has 1 aromatic heterocycles. The number of unbranched alkanes of at least 4 members (excludes halogenated alkanes) is 1. The summed E-state index contributed by atoms with van der Waals surface area (Å²) in [6.45, 7) is 2.30. The van der Waals surface area contributed by atoms with Gasteiger partial charge in [0.25, 0.3) is 0 Å². The van der Waals surface area contributed by atoms with Gasteiger partial charge in [-0.15, -0.1) is 0 Å². The third-order valence-electron chi connectivity index (χ3n) is 2.17. The highest BCUT2D eigenvalue weighted by Gasteiger charge is 1.96. The maximum absolute atomic E-state index is 5.55. The molecule has 0 fully saturated rings. The second-order valence-electron chi connectivity index (χ2n) is 3.56. The van der Waals surface area contributed by atoms with Gasteiger partial charge in [0.15, 0.2) is 0 Å². The SMILES string of the molecule is CNCc1ccc(OCCCCOC)cn1. The van der Waals surface area contributed by atoms with Crippen LogP contribution in [-0.2, 0) is 11.3 Å². The van der Waals surface area contributed by atoms with Crippen LogP contribution in [-0.4, -0.2) is 32.4 Å². The first kappa shape index (κ1) is 12.9. The average Bonchev–Trinajstić information content (AvgIpc) is 2.31. The van der Waals surface area contributed by atoms with Gasteiger partial charge in [0.2, 0.25) is 0 Å². The highest BCUT2D eigenvalue weighted by atomic mass is 16.5. The minimum atomic E-state index is 0.719. The Labute approximate surface area is 97.0 Å². The predicted octanol–water partition coefficient (Wildman–Crippen LogP) is 1.61. The first-order valence-electron chi connectivity index (χ1n) is 5.58. The molecule has 0 unspecified atom stereocenters. The summed E-state index contributed by atoms with van der Waals surface area (Å²) in [7, 11) is 3.62. The van der Waals surface area contributed by atoms with Crippen LogP contribution >= 0.6 is 0 Å². The lowest BCUT2D eigenvalue weighted by Crippen LogP contribution is -2.07. The van der Waals surface area contributed by atoms with Crippen molar-refractivity contribution in [3.8, 4) is 5.75 Å². The fourth-order valence-electron chi connectivity index (χ4n) is 1.32. The van der Waals surface area contributed by atoms with Crippen molar-refractivity contribution in [2.75, 3.05) is 27.4 Å². The van der Waals surface area contributed by atoms with Crippen LogP contribution < -0.4 is 10.1 Å². The molecule has 0 aromatic carbocycles. The molecule has 0 aliphatic rings. The van der Waals surface area contributed by atoms with Crippen molar-refractivity contribution in [3.63, 3.8) is 0 Å². The summed E-state index contributed by atoms with van der Waals surface area (Å²) in [4.78, 5) is 4.27. The molecule has 90 valence electrons. The fraction of sp³-hybridized carbons (Fsp3) is 0.583. The Balaban J connectivity index is 2.21. The number of ether oxygens (including phenoxy) is 2. The summed E-state index contributed by atoms with van der Waals surface area (Å²) in [5.41, 5.74) is 1.02. The Hall–Kier alpha value is -1.13. The normalized spacial score (nSPS) is 10.4. The predicted molar refractivity (Wildman–Crippen MR) is 63.6 cm³/mol. The highest BCUT2D eigenvalue weighted by molar-refractivity contribution is 5.19. The van der Waals surface area contributed by atoms with E-state index < -0.39 is 0 Å². The van der Waals surface area contributed by atoms with Gasteiger partial charge in [-0.25, -0.2) is 0 Å². The molecular formula is C12H20N2O2. The van der Waals surface area contributed by atoms with Crippen LogP contribution in [0.4, 0.5) is 0 Å². The van der Waals surface area contributed by atoms with Gasteiger partial charge < -0.3 is 14.8 Å². The van der Waals surface area contributed by atoms with E-state index in [2.05, 4.69) is 10.3 Å². The van der Waals surface area contributed by atoms with E-state index in [4.69, 9.17) is 9.47 Å². The van der Waals surface area contributed by atoms with Gasteiger partial charge in [0.05, 0.1) is 18.5 Å². The number of pyridine rings is 1. The van der Waals surface area contributed by atoms with Gasteiger partial charge in [-0.05, 0) is 32.0 Å². The largest absolute Gasteiger partial charge is 0.492 e. The number of nitrogens with one attached hydrogen (secondary N) is 1. The molecule has 4 heteroatoms. The Morgan fingerprint density at radius 2 is 2.06 bits per heavy atom. The van der Waals surface area contributed by atoms with Crippen LogP contribution in [0, 0.1) is 0 Å². The van der Waals surface area contributed by atoms with E-state index in [0.717, 1.165) is 44.0 Å².